The summed E-state index contributed by atoms with van der Waals surface area (Å²) in [5.41, 5.74) is 5.53. The van der Waals surface area contributed by atoms with Gasteiger partial charge >= 0.3 is 11.9 Å². The van der Waals surface area contributed by atoms with E-state index >= 15 is 0 Å². The number of carbonyl (C=O) groups excluding carboxylic acids is 2. The van der Waals surface area contributed by atoms with Crippen molar-refractivity contribution in [2.45, 2.75) is 12.3 Å². The fraction of sp³-hybridized carbons (Fsp3) is 0.0769. The number of aliphatic carboxylic acids is 1. The van der Waals surface area contributed by atoms with Crippen LogP contribution in [0.1, 0.15) is 44.2 Å². The molecule has 1 aliphatic carbocycles. The van der Waals surface area contributed by atoms with Crippen LogP contribution in [0.4, 0.5) is 20.2 Å². The van der Waals surface area contributed by atoms with Gasteiger partial charge in [-0.25, -0.2) is 18.4 Å². The third-order valence-electron chi connectivity index (χ3n) is 5.34. The number of nitrogens with one attached hydrogen (secondary N) is 1. The topological polar surface area (TPSA) is 147 Å². The molecule has 1 unspecified atom stereocenters. The lowest BCUT2D eigenvalue weighted by molar-refractivity contribution is -0.130. The summed E-state index contributed by atoms with van der Waals surface area (Å²) in [6.45, 7) is 0. The SMILES string of the molecule is Nc1ccc(F)cc1.O=Cc1ccc(C(=O)O)c2c1C(C(=O)O)=CCC2C(=O)Nc1ccc(F)cc1. The van der Waals surface area contributed by atoms with Crippen molar-refractivity contribution in [3.8, 4) is 0 Å². The van der Waals surface area contributed by atoms with Crippen molar-refractivity contribution in [3.63, 3.8) is 0 Å². The minimum Gasteiger partial charge on any atom is -0.478 e. The van der Waals surface area contributed by atoms with Gasteiger partial charge < -0.3 is 21.3 Å². The fourth-order valence-corrected chi connectivity index (χ4v) is 3.70. The van der Waals surface area contributed by atoms with Crippen LogP contribution in [0, 0.1) is 11.6 Å². The fourth-order valence-electron chi connectivity index (χ4n) is 3.70. The molecule has 0 fully saturated rings. The highest BCUT2D eigenvalue weighted by molar-refractivity contribution is 6.20. The molecule has 0 radical (unpaired) electrons. The molecule has 184 valence electrons. The van der Waals surface area contributed by atoms with Crippen LogP contribution < -0.4 is 11.1 Å². The summed E-state index contributed by atoms with van der Waals surface area (Å²) in [7, 11) is 0. The molecule has 3 aromatic carbocycles. The van der Waals surface area contributed by atoms with Gasteiger partial charge in [0.2, 0.25) is 5.91 Å². The number of halogens is 2. The van der Waals surface area contributed by atoms with E-state index in [0.717, 1.165) is 12.1 Å². The monoisotopic (exact) mass is 494 g/mol. The quantitative estimate of drug-likeness (QED) is 0.305. The first-order valence-electron chi connectivity index (χ1n) is 10.5. The van der Waals surface area contributed by atoms with E-state index in [4.69, 9.17) is 5.73 Å². The number of nitrogen functional groups attached to an aromatic ring is 1. The summed E-state index contributed by atoms with van der Waals surface area (Å²) in [5.74, 6) is -5.05. The summed E-state index contributed by atoms with van der Waals surface area (Å²) < 4.78 is 25.1. The Morgan fingerprint density at radius 1 is 0.889 bits per heavy atom. The zero-order valence-corrected chi connectivity index (χ0v) is 18.6. The number of hydrogen-bond donors (Lipinski definition) is 4. The van der Waals surface area contributed by atoms with Crippen molar-refractivity contribution in [1.82, 2.24) is 0 Å². The maximum absolute atomic E-state index is 13.0. The van der Waals surface area contributed by atoms with Gasteiger partial charge in [0, 0.05) is 22.5 Å². The van der Waals surface area contributed by atoms with Crippen molar-refractivity contribution in [3.05, 3.63) is 101 Å². The number of hydrogen-bond acceptors (Lipinski definition) is 5. The summed E-state index contributed by atoms with van der Waals surface area (Å²) in [4.78, 5) is 47.5. The molecule has 1 atom stereocenters. The third-order valence-corrected chi connectivity index (χ3v) is 5.34. The molecule has 8 nitrogen and oxygen atoms in total. The molecule has 0 aromatic heterocycles. The van der Waals surface area contributed by atoms with Crippen LogP contribution in [0.3, 0.4) is 0 Å². The average Bonchev–Trinajstić information content (AvgIpc) is 2.85. The maximum atomic E-state index is 13.0. The number of allylic oxidation sites excluding steroid dienone is 1. The number of carboxylic acid groups (broad SMARTS) is 2. The number of fused-ring (bicyclic) bond motifs is 1. The minimum atomic E-state index is -1.35. The van der Waals surface area contributed by atoms with Gasteiger partial charge in [-0.1, -0.05) is 12.1 Å². The van der Waals surface area contributed by atoms with Gasteiger partial charge in [0.25, 0.3) is 0 Å². The summed E-state index contributed by atoms with van der Waals surface area (Å²) in [6, 6.07) is 13.1. The minimum absolute atomic E-state index is 0.0204. The largest absolute Gasteiger partial charge is 0.478 e. The van der Waals surface area contributed by atoms with Crippen LogP contribution in [0.2, 0.25) is 0 Å². The number of rotatable bonds is 5. The number of carboxylic acids is 2. The lowest BCUT2D eigenvalue weighted by Crippen LogP contribution is -2.27. The standard InChI is InChI=1S/C20H14FNO6.C6H6FN/c21-11-2-4-12(5-3-11)22-18(24)13-7-8-14(19(25)26)16-10(9-23)1-6-15(17(13)16)20(27)28;7-5-1-3-6(8)4-2-5/h1-6,8-9,13H,7H2,(H,22,24)(H,25,26)(H,27,28);1-4H,8H2. The van der Waals surface area contributed by atoms with E-state index < -0.39 is 29.6 Å². The Labute approximate surface area is 203 Å². The van der Waals surface area contributed by atoms with E-state index in [1.807, 2.05) is 0 Å². The average molecular weight is 494 g/mol. The molecule has 0 saturated heterocycles. The second-order valence-electron chi connectivity index (χ2n) is 7.67. The van der Waals surface area contributed by atoms with Crippen molar-refractivity contribution in [2.24, 2.45) is 0 Å². The van der Waals surface area contributed by atoms with E-state index in [2.05, 4.69) is 5.32 Å². The van der Waals surface area contributed by atoms with Gasteiger partial charge in [-0.2, -0.15) is 0 Å². The van der Waals surface area contributed by atoms with E-state index in [9.17, 15) is 38.2 Å². The van der Waals surface area contributed by atoms with Crippen LogP contribution in [0.25, 0.3) is 5.57 Å². The molecule has 10 heteroatoms. The van der Waals surface area contributed by atoms with Gasteiger partial charge in [0.15, 0.2) is 6.29 Å². The Morgan fingerprint density at radius 2 is 1.47 bits per heavy atom. The molecular formula is C26H20F2N2O6. The molecule has 0 aliphatic heterocycles. The molecular weight excluding hydrogens is 474 g/mol. The number of benzene rings is 3. The summed E-state index contributed by atoms with van der Waals surface area (Å²) >= 11 is 0. The first kappa shape index (κ1) is 25.8. The molecule has 36 heavy (non-hydrogen) atoms. The smallest absolute Gasteiger partial charge is 0.336 e. The van der Waals surface area contributed by atoms with Gasteiger partial charge in [-0.15, -0.1) is 0 Å². The molecule has 0 bridgehead atoms. The summed E-state index contributed by atoms with van der Waals surface area (Å²) in [5, 5.41) is 21.5. The first-order valence-corrected chi connectivity index (χ1v) is 10.5. The number of anilines is 2. The van der Waals surface area contributed by atoms with Crippen molar-refractivity contribution in [1.29, 1.82) is 0 Å². The second-order valence-corrected chi connectivity index (χ2v) is 7.67. The molecule has 3 aromatic rings. The third kappa shape index (κ3) is 5.79. The zero-order chi connectivity index (χ0) is 26.4. The van der Waals surface area contributed by atoms with Crippen LogP contribution in [0.15, 0.2) is 66.7 Å². The Bertz CT molecular complexity index is 1330. The van der Waals surface area contributed by atoms with Crippen LogP contribution in [-0.2, 0) is 9.59 Å². The second kappa shape index (κ2) is 11.0. The zero-order valence-electron chi connectivity index (χ0n) is 18.6. The normalized spacial score (nSPS) is 13.8. The number of aldehydes is 1. The van der Waals surface area contributed by atoms with Crippen molar-refractivity contribution >= 4 is 41.1 Å². The number of amides is 1. The van der Waals surface area contributed by atoms with Crippen molar-refractivity contribution in [2.75, 3.05) is 11.1 Å². The Kier molecular flexibility index (Phi) is 7.90. The van der Waals surface area contributed by atoms with Gasteiger partial charge in [-0.3, -0.25) is 9.59 Å². The predicted molar refractivity (Wildman–Crippen MR) is 128 cm³/mol. The van der Waals surface area contributed by atoms with E-state index in [1.54, 1.807) is 0 Å². The highest BCUT2D eigenvalue weighted by atomic mass is 19.1. The lowest BCUT2D eigenvalue weighted by atomic mass is 9.77. The molecule has 0 saturated carbocycles. The molecule has 0 heterocycles. The van der Waals surface area contributed by atoms with Crippen LogP contribution in [0.5, 0.6) is 0 Å². The molecule has 0 spiro atoms. The van der Waals surface area contributed by atoms with Crippen molar-refractivity contribution < 1.29 is 38.2 Å². The number of nitrogens with two attached hydrogens (primary N) is 1. The molecule has 1 amide bonds. The molecule has 4 rings (SSSR count). The van der Waals surface area contributed by atoms with Crippen LogP contribution in [-0.4, -0.2) is 34.3 Å². The Balaban J connectivity index is 0.000000383. The van der Waals surface area contributed by atoms with Gasteiger partial charge in [-0.05, 0) is 66.6 Å². The van der Waals surface area contributed by atoms with E-state index in [1.165, 1.54) is 54.6 Å². The molecule has 5 N–H and O–H groups in total. The van der Waals surface area contributed by atoms with Gasteiger partial charge in [0.1, 0.15) is 11.6 Å². The Hall–Kier alpha value is -4.86. The lowest BCUT2D eigenvalue weighted by Gasteiger charge is -2.26. The summed E-state index contributed by atoms with van der Waals surface area (Å²) in [6.07, 6.45) is 1.64. The highest BCUT2D eigenvalue weighted by Crippen LogP contribution is 2.39. The van der Waals surface area contributed by atoms with Gasteiger partial charge in [0.05, 0.1) is 17.1 Å². The first-order chi connectivity index (χ1) is 17.1. The van der Waals surface area contributed by atoms with E-state index in [0.29, 0.717) is 17.7 Å². The van der Waals surface area contributed by atoms with E-state index in [-0.39, 0.29) is 40.1 Å². The predicted octanol–water partition coefficient (Wildman–Crippen LogP) is 4.34. The van der Waals surface area contributed by atoms with Crippen LogP contribution >= 0.6 is 0 Å². The number of carbonyl (C=O) groups is 4. The maximum Gasteiger partial charge on any atom is 0.336 e. The Morgan fingerprint density at radius 3 is 1.97 bits per heavy atom. The number of aromatic carboxylic acids is 1. The molecule has 1 aliphatic rings. The highest BCUT2D eigenvalue weighted by Gasteiger charge is 2.35.